The summed E-state index contributed by atoms with van der Waals surface area (Å²) in [5.41, 5.74) is 6.25. The van der Waals surface area contributed by atoms with E-state index in [1.165, 1.54) is 0 Å². The van der Waals surface area contributed by atoms with Gasteiger partial charge in [0.25, 0.3) is 0 Å². The van der Waals surface area contributed by atoms with E-state index in [1.54, 1.807) is 0 Å². The normalized spacial score (nSPS) is 16.0. The van der Waals surface area contributed by atoms with Crippen molar-refractivity contribution < 1.29 is 14.3 Å². The molecule has 41 heavy (non-hydrogen) atoms. The molecule has 5 nitrogen and oxygen atoms in total. The van der Waals surface area contributed by atoms with Crippen LogP contribution in [0.15, 0.2) is 97.1 Å². The summed E-state index contributed by atoms with van der Waals surface area (Å²) in [5.74, 6) is 0.386. The average Bonchev–Trinajstić information content (AvgIpc) is 3.51. The van der Waals surface area contributed by atoms with Crippen molar-refractivity contribution in [3.63, 3.8) is 0 Å². The van der Waals surface area contributed by atoms with Crippen molar-refractivity contribution in [1.82, 2.24) is 4.57 Å². The summed E-state index contributed by atoms with van der Waals surface area (Å²) >= 11 is 0. The fraction of sp³-hybridized carbons (Fsp3) is 0.250. The Labute approximate surface area is 241 Å². The van der Waals surface area contributed by atoms with E-state index in [2.05, 4.69) is 97.0 Å². The van der Waals surface area contributed by atoms with Gasteiger partial charge in [0.05, 0.1) is 17.9 Å². The lowest BCUT2D eigenvalue weighted by molar-refractivity contribution is 0.0249. The summed E-state index contributed by atoms with van der Waals surface area (Å²) in [4.78, 5) is 16.0. The van der Waals surface area contributed by atoms with E-state index < -0.39 is 5.60 Å². The van der Waals surface area contributed by atoms with Crippen LogP contribution < -0.4 is 9.64 Å². The number of rotatable bonds is 9. The Balaban J connectivity index is 1.79. The van der Waals surface area contributed by atoms with Gasteiger partial charge in [-0.2, -0.15) is 0 Å². The number of carbonyl (C=O) groups excluding carboxylic acids is 1. The maximum atomic E-state index is 13.7. The summed E-state index contributed by atoms with van der Waals surface area (Å²) in [7, 11) is 0. The molecule has 6 rings (SSSR count). The molecule has 5 aromatic rings. The van der Waals surface area contributed by atoms with Gasteiger partial charge < -0.3 is 18.9 Å². The number of benzene rings is 4. The van der Waals surface area contributed by atoms with Crippen LogP contribution in [-0.2, 0) is 16.9 Å². The largest absolute Gasteiger partial charge is 0.493 e. The van der Waals surface area contributed by atoms with Gasteiger partial charge in [-0.1, -0.05) is 66.7 Å². The molecule has 0 spiro atoms. The number of carbonyl (C=O) groups is 1. The maximum Gasteiger partial charge on any atom is 0.340 e. The van der Waals surface area contributed by atoms with Gasteiger partial charge in [0.1, 0.15) is 5.75 Å². The van der Waals surface area contributed by atoms with Gasteiger partial charge in [0, 0.05) is 59.0 Å². The van der Waals surface area contributed by atoms with Crippen molar-refractivity contribution in [1.29, 1.82) is 0 Å². The molecule has 1 atom stereocenters. The molecule has 1 aromatic heterocycles. The fourth-order valence-electron chi connectivity index (χ4n) is 6.48. The Bertz CT molecular complexity index is 1720. The number of esters is 1. The molecule has 0 saturated carbocycles. The molecule has 0 saturated heterocycles. The monoisotopic (exact) mass is 544 g/mol. The van der Waals surface area contributed by atoms with Crippen molar-refractivity contribution in [2.24, 2.45) is 0 Å². The average molecular weight is 545 g/mol. The van der Waals surface area contributed by atoms with E-state index in [4.69, 9.17) is 9.47 Å². The van der Waals surface area contributed by atoms with E-state index in [1.807, 2.05) is 37.3 Å². The highest BCUT2D eigenvalue weighted by molar-refractivity contribution is 6.01. The maximum absolute atomic E-state index is 13.7. The SMILES string of the molecule is CCOc1cc(N(CC)CC)ccc1C1(c2c(-c3ccccc3)n(CC)c3ccccc23)OC(=O)c2ccccc21. The molecule has 0 fully saturated rings. The highest BCUT2D eigenvalue weighted by atomic mass is 16.6. The zero-order valence-electron chi connectivity index (χ0n) is 24.2. The number of ether oxygens (including phenoxy) is 2. The van der Waals surface area contributed by atoms with Crippen LogP contribution in [-0.4, -0.2) is 30.2 Å². The van der Waals surface area contributed by atoms with Gasteiger partial charge in [-0.3, -0.25) is 0 Å². The summed E-state index contributed by atoms with van der Waals surface area (Å²) < 4.78 is 15.4. The van der Waals surface area contributed by atoms with E-state index in [0.717, 1.165) is 64.2 Å². The predicted octanol–water partition coefficient (Wildman–Crippen LogP) is 8.04. The van der Waals surface area contributed by atoms with Crippen molar-refractivity contribution in [2.75, 3.05) is 24.6 Å². The number of para-hydroxylation sites is 1. The molecule has 208 valence electrons. The molecule has 0 amide bonds. The first kappa shape index (κ1) is 26.7. The molecule has 0 bridgehead atoms. The first-order chi connectivity index (χ1) is 20.1. The number of fused-ring (bicyclic) bond motifs is 2. The Morgan fingerprint density at radius 3 is 2.24 bits per heavy atom. The lowest BCUT2D eigenvalue weighted by Crippen LogP contribution is -2.31. The van der Waals surface area contributed by atoms with E-state index in [9.17, 15) is 4.79 Å². The van der Waals surface area contributed by atoms with Gasteiger partial charge in [0.15, 0.2) is 5.60 Å². The minimum Gasteiger partial charge on any atom is -0.493 e. The summed E-state index contributed by atoms with van der Waals surface area (Å²) in [5, 5.41) is 1.05. The number of aromatic nitrogens is 1. The smallest absolute Gasteiger partial charge is 0.340 e. The minimum absolute atomic E-state index is 0.330. The Hall–Kier alpha value is -4.51. The zero-order valence-corrected chi connectivity index (χ0v) is 24.2. The standard InChI is InChI=1S/C36H36N2O3/c1-5-37(6-2)26-22-23-30(32(24-26)40-8-4)36(29-20-14-12-18-27(29)35(39)41-36)33-28-19-13-15-21-31(28)38(7-3)34(33)25-16-10-9-11-17-25/h9-24H,5-8H2,1-4H3. The highest BCUT2D eigenvalue weighted by Gasteiger charge is 2.53. The second kappa shape index (κ2) is 10.8. The van der Waals surface area contributed by atoms with Crippen molar-refractivity contribution in [2.45, 2.75) is 39.8 Å². The quantitative estimate of drug-likeness (QED) is 0.176. The number of anilines is 1. The molecular formula is C36H36N2O3. The third kappa shape index (κ3) is 4.10. The van der Waals surface area contributed by atoms with E-state index in [-0.39, 0.29) is 5.97 Å². The summed E-state index contributed by atoms with van der Waals surface area (Å²) in [6, 6.07) is 32.9. The predicted molar refractivity (Wildman–Crippen MR) is 166 cm³/mol. The zero-order chi connectivity index (χ0) is 28.6. The van der Waals surface area contributed by atoms with Gasteiger partial charge in [-0.15, -0.1) is 0 Å². The molecule has 5 heteroatoms. The Morgan fingerprint density at radius 2 is 1.51 bits per heavy atom. The van der Waals surface area contributed by atoms with Crippen LogP contribution >= 0.6 is 0 Å². The van der Waals surface area contributed by atoms with Crippen LogP contribution in [0.25, 0.3) is 22.2 Å². The molecule has 1 unspecified atom stereocenters. The van der Waals surface area contributed by atoms with Crippen LogP contribution in [0.2, 0.25) is 0 Å². The molecule has 2 heterocycles. The molecule has 1 aliphatic rings. The number of hydrogen-bond donors (Lipinski definition) is 0. The lowest BCUT2D eigenvalue weighted by atomic mass is 9.77. The molecule has 0 N–H and O–H groups in total. The number of hydrogen-bond acceptors (Lipinski definition) is 4. The highest BCUT2D eigenvalue weighted by Crippen LogP contribution is 2.55. The minimum atomic E-state index is -1.22. The summed E-state index contributed by atoms with van der Waals surface area (Å²) in [6.45, 7) is 11.5. The van der Waals surface area contributed by atoms with Crippen LogP contribution in [0.1, 0.15) is 54.7 Å². The van der Waals surface area contributed by atoms with Gasteiger partial charge in [-0.25, -0.2) is 4.79 Å². The molecular weight excluding hydrogens is 508 g/mol. The van der Waals surface area contributed by atoms with Crippen molar-refractivity contribution >= 4 is 22.6 Å². The summed E-state index contributed by atoms with van der Waals surface area (Å²) in [6.07, 6.45) is 0. The Morgan fingerprint density at radius 1 is 0.805 bits per heavy atom. The number of nitrogens with zero attached hydrogens (tertiary/aromatic N) is 2. The van der Waals surface area contributed by atoms with Gasteiger partial charge in [-0.05, 0) is 57.5 Å². The molecule has 0 aliphatic carbocycles. The number of aryl methyl sites for hydroxylation is 1. The first-order valence-corrected chi connectivity index (χ1v) is 14.6. The van der Waals surface area contributed by atoms with Crippen molar-refractivity contribution in [3.05, 3.63) is 119 Å². The van der Waals surface area contributed by atoms with Crippen LogP contribution in [0.5, 0.6) is 5.75 Å². The molecule has 4 aromatic carbocycles. The second-order valence-corrected chi connectivity index (χ2v) is 10.3. The molecule has 0 radical (unpaired) electrons. The number of cyclic esters (lactones) is 1. The van der Waals surface area contributed by atoms with Crippen molar-refractivity contribution in [3.8, 4) is 17.0 Å². The lowest BCUT2D eigenvalue weighted by Gasteiger charge is -2.33. The molecule has 1 aliphatic heterocycles. The third-order valence-corrected chi connectivity index (χ3v) is 8.23. The van der Waals surface area contributed by atoms with Crippen LogP contribution in [0, 0.1) is 0 Å². The van der Waals surface area contributed by atoms with Gasteiger partial charge >= 0.3 is 5.97 Å². The Kier molecular flexibility index (Phi) is 7.04. The van der Waals surface area contributed by atoms with Crippen LogP contribution in [0.4, 0.5) is 5.69 Å². The van der Waals surface area contributed by atoms with Crippen LogP contribution in [0.3, 0.4) is 0 Å². The third-order valence-electron chi connectivity index (χ3n) is 8.23. The first-order valence-electron chi connectivity index (χ1n) is 14.6. The topological polar surface area (TPSA) is 43.7 Å². The van der Waals surface area contributed by atoms with Gasteiger partial charge in [0.2, 0.25) is 0 Å². The van der Waals surface area contributed by atoms with E-state index >= 15 is 0 Å². The van der Waals surface area contributed by atoms with E-state index in [0.29, 0.717) is 17.9 Å². The second-order valence-electron chi connectivity index (χ2n) is 10.3. The fourth-order valence-corrected chi connectivity index (χ4v) is 6.48.